The van der Waals surface area contributed by atoms with Gasteiger partial charge in [-0.15, -0.1) is 12.4 Å². The molecule has 1 aromatic carbocycles. The van der Waals surface area contributed by atoms with Gasteiger partial charge in [-0.3, -0.25) is 4.90 Å². The SMILES string of the molecule is COC1CCN(CCOc2ccccc2)C(CN)C1.Cl. The molecular weight excluding hydrogens is 276 g/mol. The van der Waals surface area contributed by atoms with E-state index in [1.807, 2.05) is 30.3 Å². The highest BCUT2D eigenvalue weighted by Crippen LogP contribution is 2.19. The molecule has 1 saturated heterocycles. The molecule has 1 aliphatic heterocycles. The van der Waals surface area contributed by atoms with Crippen molar-refractivity contribution in [2.75, 3.05) is 33.4 Å². The summed E-state index contributed by atoms with van der Waals surface area (Å²) in [5, 5.41) is 0. The van der Waals surface area contributed by atoms with Crippen LogP contribution >= 0.6 is 12.4 Å². The van der Waals surface area contributed by atoms with Gasteiger partial charge < -0.3 is 15.2 Å². The van der Waals surface area contributed by atoms with E-state index in [0.29, 0.717) is 25.3 Å². The predicted octanol–water partition coefficient (Wildman–Crippen LogP) is 1.93. The number of methoxy groups -OCH3 is 1. The van der Waals surface area contributed by atoms with Gasteiger partial charge in [0.05, 0.1) is 6.10 Å². The van der Waals surface area contributed by atoms with E-state index >= 15 is 0 Å². The van der Waals surface area contributed by atoms with E-state index in [2.05, 4.69) is 4.90 Å². The van der Waals surface area contributed by atoms with Crippen molar-refractivity contribution in [2.24, 2.45) is 5.73 Å². The number of nitrogens with zero attached hydrogens (tertiary/aromatic N) is 1. The van der Waals surface area contributed by atoms with E-state index in [1.54, 1.807) is 7.11 Å². The van der Waals surface area contributed by atoms with Crippen molar-refractivity contribution in [1.82, 2.24) is 4.90 Å². The average Bonchev–Trinajstić information content (AvgIpc) is 2.48. The molecule has 5 heteroatoms. The third-order valence-corrected chi connectivity index (χ3v) is 3.79. The molecule has 2 atom stereocenters. The lowest BCUT2D eigenvalue weighted by Crippen LogP contribution is -2.49. The van der Waals surface area contributed by atoms with E-state index in [9.17, 15) is 0 Å². The second-order valence-corrected chi connectivity index (χ2v) is 4.97. The highest BCUT2D eigenvalue weighted by atomic mass is 35.5. The minimum Gasteiger partial charge on any atom is -0.492 e. The Hall–Kier alpha value is -0.810. The molecule has 0 spiro atoms. The van der Waals surface area contributed by atoms with Gasteiger partial charge in [0.1, 0.15) is 12.4 Å². The van der Waals surface area contributed by atoms with Gasteiger partial charge in [0.15, 0.2) is 0 Å². The number of ether oxygens (including phenoxy) is 2. The summed E-state index contributed by atoms with van der Waals surface area (Å²) in [6, 6.07) is 10.4. The number of nitrogens with two attached hydrogens (primary N) is 1. The summed E-state index contributed by atoms with van der Waals surface area (Å²) in [6.07, 6.45) is 2.47. The number of hydrogen-bond acceptors (Lipinski definition) is 4. The van der Waals surface area contributed by atoms with Crippen LogP contribution in [0, 0.1) is 0 Å². The van der Waals surface area contributed by atoms with Gasteiger partial charge in [-0.05, 0) is 25.0 Å². The number of benzene rings is 1. The van der Waals surface area contributed by atoms with Crippen LogP contribution in [0.5, 0.6) is 5.75 Å². The van der Waals surface area contributed by atoms with Crippen LogP contribution in [-0.4, -0.2) is 50.4 Å². The Bertz CT molecular complexity index is 364. The molecule has 0 aliphatic carbocycles. The monoisotopic (exact) mass is 300 g/mol. The van der Waals surface area contributed by atoms with Crippen molar-refractivity contribution >= 4 is 12.4 Å². The van der Waals surface area contributed by atoms with Crippen molar-refractivity contribution in [3.05, 3.63) is 30.3 Å². The third kappa shape index (κ3) is 4.94. The first kappa shape index (κ1) is 17.2. The van der Waals surface area contributed by atoms with Crippen molar-refractivity contribution in [2.45, 2.75) is 25.0 Å². The lowest BCUT2D eigenvalue weighted by Gasteiger charge is -2.38. The number of piperidine rings is 1. The number of para-hydroxylation sites is 1. The summed E-state index contributed by atoms with van der Waals surface area (Å²) >= 11 is 0. The molecule has 0 aromatic heterocycles. The molecule has 1 fully saturated rings. The number of hydrogen-bond donors (Lipinski definition) is 1. The summed E-state index contributed by atoms with van der Waals surface area (Å²) < 4.78 is 11.2. The first-order valence-electron chi connectivity index (χ1n) is 6.98. The Balaban J connectivity index is 0.00000200. The standard InChI is InChI=1S/C15H24N2O2.ClH/c1-18-15-7-8-17(13(11-15)12-16)9-10-19-14-5-3-2-4-6-14;/h2-6,13,15H,7-12,16H2,1H3;1H. The van der Waals surface area contributed by atoms with Crippen molar-refractivity contribution in [3.63, 3.8) is 0 Å². The van der Waals surface area contributed by atoms with E-state index in [0.717, 1.165) is 31.7 Å². The van der Waals surface area contributed by atoms with Gasteiger partial charge in [0, 0.05) is 32.8 Å². The van der Waals surface area contributed by atoms with E-state index in [-0.39, 0.29) is 12.4 Å². The van der Waals surface area contributed by atoms with Gasteiger partial charge in [-0.2, -0.15) is 0 Å². The lowest BCUT2D eigenvalue weighted by molar-refractivity contribution is 0.00923. The summed E-state index contributed by atoms with van der Waals surface area (Å²) in [4.78, 5) is 2.42. The second-order valence-electron chi connectivity index (χ2n) is 4.97. The topological polar surface area (TPSA) is 47.7 Å². The molecule has 1 heterocycles. The van der Waals surface area contributed by atoms with Crippen LogP contribution in [0.15, 0.2) is 30.3 Å². The molecule has 2 unspecified atom stereocenters. The van der Waals surface area contributed by atoms with E-state index in [4.69, 9.17) is 15.2 Å². The fraction of sp³-hybridized carbons (Fsp3) is 0.600. The molecule has 4 nitrogen and oxygen atoms in total. The number of rotatable bonds is 6. The van der Waals surface area contributed by atoms with Crippen molar-refractivity contribution in [1.29, 1.82) is 0 Å². The first-order valence-corrected chi connectivity index (χ1v) is 6.98. The Morgan fingerprint density at radius 1 is 1.30 bits per heavy atom. The molecule has 114 valence electrons. The van der Waals surface area contributed by atoms with Crippen LogP contribution in [0.25, 0.3) is 0 Å². The minimum absolute atomic E-state index is 0. The van der Waals surface area contributed by atoms with Crippen LogP contribution in [0.1, 0.15) is 12.8 Å². The lowest BCUT2D eigenvalue weighted by atomic mass is 9.99. The van der Waals surface area contributed by atoms with E-state index in [1.165, 1.54) is 0 Å². The second kappa shape index (κ2) is 9.19. The zero-order valence-electron chi connectivity index (χ0n) is 12.0. The largest absolute Gasteiger partial charge is 0.492 e. The van der Waals surface area contributed by atoms with Crippen LogP contribution in [0.2, 0.25) is 0 Å². The predicted molar refractivity (Wildman–Crippen MR) is 83.6 cm³/mol. The van der Waals surface area contributed by atoms with Crippen LogP contribution in [0.4, 0.5) is 0 Å². The zero-order chi connectivity index (χ0) is 13.5. The Labute approximate surface area is 127 Å². The highest BCUT2D eigenvalue weighted by Gasteiger charge is 2.27. The maximum absolute atomic E-state index is 5.86. The van der Waals surface area contributed by atoms with Crippen molar-refractivity contribution < 1.29 is 9.47 Å². The third-order valence-electron chi connectivity index (χ3n) is 3.79. The number of likely N-dealkylation sites (tertiary alicyclic amines) is 1. The fourth-order valence-electron chi connectivity index (χ4n) is 2.61. The zero-order valence-corrected chi connectivity index (χ0v) is 12.8. The van der Waals surface area contributed by atoms with Crippen LogP contribution < -0.4 is 10.5 Å². The number of halogens is 1. The summed E-state index contributed by atoms with van der Waals surface area (Å²) in [6.45, 7) is 3.36. The van der Waals surface area contributed by atoms with Crippen LogP contribution in [-0.2, 0) is 4.74 Å². The Morgan fingerprint density at radius 3 is 2.70 bits per heavy atom. The van der Waals surface area contributed by atoms with Gasteiger partial charge in [-0.1, -0.05) is 18.2 Å². The first-order chi connectivity index (χ1) is 9.33. The van der Waals surface area contributed by atoms with Crippen LogP contribution in [0.3, 0.4) is 0 Å². The quantitative estimate of drug-likeness (QED) is 0.872. The van der Waals surface area contributed by atoms with Crippen molar-refractivity contribution in [3.8, 4) is 5.75 Å². The summed E-state index contributed by atoms with van der Waals surface area (Å²) in [5.74, 6) is 0.929. The molecule has 1 aromatic rings. The minimum atomic E-state index is 0. The molecule has 1 aliphatic rings. The highest BCUT2D eigenvalue weighted by molar-refractivity contribution is 5.85. The van der Waals surface area contributed by atoms with Gasteiger partial charge >= 0.3 is 0 Å². The van der Waals surface area contributed by atoms with E-state index < -0.39 is 0 Å². The Kier molecular flexibility index (Phi) is 7.92. The average molecular weight is 301 g/mol. The molecule has 20 heavy (non-hydrogen) atoms. The Morgan fingerprint density at radius 2 is 2.05 bits per heavy atom. The molecule has 0 saturated carbocycles. The van der Waals surface area contributed by atoms with Gasteiger partial charge in [0.2, 0.25) is 0 Å². The summed E-state index contributed by atoms with van der Waals surface area (Å²) in [5.41, 5.74) is 5.86. The molecule has 2 rings (SSSR count). The van der Waals surface area contributed by atoms with Gasteiger partial charge in [0.25, 0.3) is 0 Å². The maximum atomic E-state index is 5.86. The molecule has 0 bridgehead atoms. The fourth-order valence-corrected chi connectivity index (χ4v) is 2.61. The maximum Gasteiger partial charge on any atom is 0.119 e. The molecular formula is C15H25ClN2O2. The molecule has 0 amide bonds. The summed E-state index contributed by atoms with van der Waals surface area (Å²) in [7, 11) is 1.78. The van der Waals surface area contributed by atoms with Gasteiger partial charge in [-0.25, -0.2) is 0 Å². The normalized spacial score (nSPS) is 23.1. The molecule has 2 N–H and O–H groups in total. The molecule has 0 radical (unpaired) electrons. The smallest absolute Gasteiger partial charge is 0.119 e.